The van der Waals surface area contributed by atoms with Gasteiger partial charge in [-0.3, -0.25) is 0 Å². The van der Waals surface area contributed by atoms with Crippen LogP contribution in [0, 0.1) is 5.41 Å². The van der Waals surface area contributed by atoms with Crippen LogP contribution in [0.1, 0.15) is 49.8 Å². The van der Waals surface area contributed by atoms with E-state index in [0.29, 0.717) is 12.0 Å². The lowest BCUT2D eigenvalue weighted by Gasteiger charge is -2.28. The predicted molar refractivity (Wildman–Crippen MR) is 62.0 cm³/mol. The topological polar surface area (TPSA) is 0 Å². The van der Waals surface area contributed by atoms with Gasteiger partial charge in [-0.2, -0.15) is 13.2 Å². The van der Waals surface area contributed by atoms with E-state index in [-0.39, 0.29) is 11.3 Å². The first-order valence-electron chi connectivity index (χ1n) is 5.90. The molecular weight excluding hydrogens is 225 g/mol. The van der Waals surface area contributed by atoms with Crippen molar-refractivity contribution in [3.05, 3.63) is 34.9 Å². The van der Waals surface area contributed by atoms with Gasteiger partial charge in [0.2, 0.25) is 0 Å². The molecule has 0 spiro atoms. The van der Waals surface area contributed by atoms with Crippen molar-refractivity contribution in [2.75, 3.05) is 0 Å². The van der Waals surface area contributed by atoms with Crippen LogP contribution in [0.2, 0.25) is 0 Å². The van der Waals surface area contributed by atoms with Crippen LogP contribution in [0.5, 0.6) is 0 Å². The van der Waals surface area contributed by atoms with Crippen molar-refractivity contribution in [3.63, 3.8) is 0 Å². The molecule has 2 rings (SSSR count). The van der Waals surface area contributed by atoms with Gasteiger partial charge in [-0.15, -0.1) is 0 Å². The smallest absolute Gasteiger partial charge is 0.166 e. The van der Waals surface area contributed by atoms with E-state index in [4.69, 9.17) is 0 Å². The van der Waals surface area contributed by atoms with Crippen molar-refractivity contribution in [3.8, 4) is 0 Å². The number of halogens is 3. The second-order valence-corrected chi connectivity index (χ2v) is 5.83. The van der Waals surface area contributed by atoms with Crippen LogP contribution >= 0.6 is 0 Å². The Hall–Kier alpha value is -0.990. The molecule has 0 amide bonds. The van der Waals surface area contributed by atoms with E-state index in [1.165, 1.54) is 12.1 Å². The summed E-state index contributed by atoms with van der Waals surface area (Å²) in [4.78, 5) is 0. The second kappa shape index (κ2) is 3.76. The van der Waals surface area contributed by atoms with Crippen molar-refractivity contribution in [2.24, 2.45) is 5.41 Å². The molecule has 0 radical (unpaired) electrons. The first-order chi connectivity index (χ1) is 7.71. The van der Waals surface area contributed by atoms with Crippen molar-refractivity contribution >= 4 is 0 Å². The molecule has 1 aromatic rings. The fourth-order valence-corrected chi connectivity index (χ4v) is 2.82. The lowest BCUT2D eigenvalue weighted by molar-refractivity contribution is -0.138. The Balaban J connectivity index is 2.50. The Bertz CT molecular complexity index is 424. The van der Waals surface area contributed by atoms with Gasteiger partial charge in [-0.1, -0.05) is 32.9 Å². The Morgan fingerprint density at radius 3 is 2.29 bits per heavy atom. The Morgan fingerprint density at radius 2 is 1.76 bits per heavy atom. The summed E-state index contributed by atoms with van der Waals surface area (Å²) in [5.41, 5.74) is 0.990. The Labute approximate surface area is 99.8 Å². The van der Waals surface area contributed by atoms with Gasteiger partial charge in [0, 0.05) is 0 Å². The molecule has 3 heteroatoms. The fraction of sp³-hybridized carbons (Fsp3) is 0.571. The van der Waals surface area contributed by atoms with Gasteiger partial charge in [0.25, 0.3) is 0 Å². The van der Waals surface area contributed by atoms with Gasteiger partial charge in [-0.05, 0) is 41.4 Å². The van der Waals surface area contributed by atoms with Crippen molar-refractivity contribution in [2.45, 2.75) is 45.7 Å². The van der Waals surface area contributed by atoms with Crippen LogP contribution < -0.4 is 0 Å². The molecule has 0 aromatic heterocycles. The monoisotopic (exact) mass is 242 g/mol. The van der Waals surface area contributed by atoms with Crippen LogP contribution in [-0.4, -0.2) is 0 Å². The zero-order valence-electron chi connectivity index (χ0n) is 10.4. The number of rotatable bonds is 0. The zero-order chi connectivity index (χ0) is 12.8. The highest BCUT2D eigenvalue weighted by molar-refractivity contribution is 5.43. The maximum absolute atomic E-state index is 12.9. The minimum absolute atomic E-state index is 0.0233. The minimum Gasteiger partial charge on any atom is -0.166 e. The molecule has 1 aliphatic carbocycles. The zero-order valence-corrected chi connectivity index (χ0v) is 10.4. The normalized spacial score (nSPS) is 20.5. The van der Waals surface area contributed by atoms with Crippen molar-refractivity contribution in [1.82, 2.24) is 0 Å². The number of hydrogen-bond acceptors (Lipinski definition) is 0. The average molecular weight is 242 g/mol. The van der Waals surface area contributed by atoms with Gasteiger partial charge < -0.3 is 0 Å². The SMILES string of the molecule is CC(C)(C)C1CCc2c1cccc2C(F)(F)F. The predicted octanol–water partition coefficient (Wildman–Crippen LogP) is 4.78. The summed E-state index contributed by atoms with van der Waals surface area (Å²) in [7, 11) is 0. The highest BCUT2D eigenvalue weighted by Gasteiger charge is 2.39. The highest BCUT2D eigenvalue weighted by Crippen LogP contribution is 2.47. The third-order valence-electron chi connectivity index (χ3n) is 3.62. The minimum atomic E-state index is -4.22. The van der Waals surface area contributed by atoms with E-state index in [9.17, 15) is 13.2 Å². The molecule has 0 nitrogen and oxygen atoms in total. The summed E-state index contributed by atoms with van der Waals surface area (Å²) in [5, 5.41) is 0. The third kappa shape index (κ3) is 2.20. The molecule has 1 atom stereocenters. The summed E-state index contributed by atoms with van der Waals surface area (Å²) in [5.74, 6) is 0.236. The summed E-state index contributed by atoms with van der Waals surface area (Å²) >= 11 is 0. The Kier molecular flexibility index (Phi) is 2.75. The van der Waals surface area contributed by atoms with Crippen LogP contribution in [0.4, 0.5) is 13.2 Å². The lowest BCUT2D eigenvalue weighted by Crippen LogP contribution is -2.16. The molecule has 0 bridgehead atoms. The maximum atomic E-state index is 12.9. The van der Waals surface area contributed by atoms with Crippen molar-refractivity contribution < 1.29 is 13.2 Å². The fourth-order valence-electron chi connectivity index (χ4n) is 2.82. The van der Waals surface area contributed by atoms with E-state index < -0.39 is 11.7 Å². The molecule has 0 saturated heterocycles. The van der Waals surface area contributed by atoms with E-state index >= 15 is 0 Å². The molecule has 0 N–H and O–H groups in total. The van der Waals surface area contributed by atoms with Crippen LogP contribution in [-0.2, 0) is 12.6 Å². The molecule has 0 fully saturated rings. The van der Waals surface area contributed by atoms with Gasteiger partial charge in [0.05, 0.1) is 5.56 Å². The first-order valence-corrected chi connectivity index (χ1v) is 5.90. The highest BCUT2D eigenvalue weighted by atomic mass is 19.4. The van der Waals surface area contributed by atoms with Crippen LogP contribution in [0.15, 0.2) is 18.2 Å². The number of hydrogen-bond donors (Lipinski definition) is 0. The second-order valence-electron chi connectivity index (χ2n) is 5.83. The first kappa shape index (κ1) is 12.5. The van der Waals surface area contributed by atoms with Gasteiger partial charge in [0.1, 0.15) is 0 Å². The van der Waals surface area contributed by atoms with E-state index in [1.54, 1.807) is 0 Å². The summed E-state index contributed by atoms with van der Waals surface area (Å²) in [6.07, 6.45) is -2.85. The standard InChI is InChI=1S/C14H17F3/c1-13(2,3)11-8-7-10-9(11)5-4-6-12(10)14(15,16)17/h4-6,11H,7-8H2,1-3H3. The molecule has 0 heterocycles. The molecule has 1 unspecified atom stereocenters. The molecular formula is C14H17F3. The van der Waals surface area contributed by atoms with E-state index in [0.717, 1.165) is 12.0 Å². The Morgan fingerprint density at radius 1 is 1.12 bits per heavy atom. The number of alkyl halides is 3. The van der Waals surface area contributed by atoms with E-state index in [2.05, 4.69) is 20.8 Å². The van der Waals surface area contributed by atoms with Gasteiger partial charge in [0.15, 0.2) is 0 Å². The third-order valence-corrected chi connectivity index (χ3v) is 3.62. The van der Waals surface area contributed by atoms with Crippen LogP contribution in [0.3, 0.4) is 0 Å². The van der Waals surface area contributed by atoms with E-state index in [1.807, 2.05) is 6.07 Å². The summed E-state index contributed by atoms with van der Waals surface area (Å²) < 4.78 is 38.6. The summed E-state index contributed by atoms with van der Waals surface area (Å²) in [6.45, 7) is 6.27. The van der Waals surface area contributed by atoms with Crippen molar-refractivity contribution in [1.29, 1.82) is 0 Å². The average Bonchev–Trinajstić information content (AvgIpc) is 2.57. The molecule has 1 aromatic carbocycles. The largest absolute Gasteiger partial charge is 0.416 e. The molecule has 1 aliphatic rings. The molecule has 94 valence electrons. The quantitative estimate of drug-likeness (QED) is 0.614. The summed E-state index contributed by atoms with van der Waals surface area (Å²) in [6, 6.07) is 4.59. The molecule has 0 saturated carbocycles. The van der Waals surface area contributed by atoms with Gasteiger partial charge >= 0.3 is 6.18 Å². The number of fused-ring (bicyclic) bond motifs is 1. The molecule has 0 aliphatic heterocycles. The molecule has 17 heavy (non-hydrogen) atoms. The van der Waals surface area contributed by atoms with Crippen LogP contribution in [0.25, 0.3) is 0 Å². The maximum Gasteiger partial charge on any atom is 0.416 e. The lowest BCUT2D eigenvalue weighted by atomic mass is 9.77. The van der Waals surface area contributed by atoms with Gasteiger partial charge in [-0.25, -0.2) is 0 Å². The number of benzene rings is 1.